The van der Waals surface area contributed by atoms with Crippen LogP contribution in [0.25, 0.3) is 6.08 Å². The van der Waals surface area contributed by atoms with Gasteiger partial charge in [0.25, 0.3) is 16.8 Å². The highest BCUT2D eigenvalue weighted by Crippen LogP contribution is 2.39. The first-order valence-electron chi connectivity index (χ1n) is 10.4. The second-order valence-electron chi connectivity index (χ2n) is 7.49. The van der Waals surface area contributed by atoms with E-state index in [-0.39, 0.29) is 40.8 Å². The van der Waals surface area contributed by atoms with Crippen molar-refractivity contribution < 1.29 is 24.0 Å². The predicted octanol–water partition coefficient (Wildman–Crippen LogP) is 6.18. The molecular weight excluding hydrogens is 536 g/mol. The molecule has 1 fully saturated rings. The molecule has 8 nitrogen and oxygen atoms in total. The third kappa shape index (κ3) is 5.72. The summed E-state index contributed by atoms with van der Waals surface area (Å²) in [5.74, 6) is -0.0493. The van der Waals surface area contributed by atoms with E-state index in [1.807, 2.05) is 54.6 Å². The maximum atomic E-state index is 12.9. The number of nitro benzene ring substituents is 1. The van der Waals surface area contributed by atoms with Crippen LogP contribution in [-0.2, 0) is 17.9 Å². The van der Waals surface area contributed by atoms with Gasteiger partial charge in [0.15, 0.2) is 11.5 Å². The quantitative estimate of drug-likeness (QED) is 0.186. The molecule has 0 radical (unpaired) electrons. The number of benzene rings is 3. The number of nitrogens with zero attached hydrogens (tertiary/aromatic N) is 2. The van der Waals surface area contributed by atoms with Gasteiger partial charge in [-0.2, -0.15) is 0 Å². The molecule has 3 aromatic carbocycles. The largest absolute Gasteiger partial charge is 0.493 e. The molecule has 1 heterocycles. The molecule has 3 aromatic rings. The highest BCUT2D eigenvalue weighted by atomic mass is 79.9. The summed E-state index contributed by atoms with van der Waals surface area (Å²) in [5, 5.41) is 11.4. The molecule has 35 heavy (non-hydrogen) atoms. The number of hydrogen-bond donors (Lipinski definition) is 0. The van der Waals surface area contributed by atoms with Gasteiger partial charge in [0.1, 0.15) is 6.61 Å². The molecule has 0 aromatic heterocycles. The third-order valence-electron chi connectivity index (χ3n) is 5.14. The zero-order valence-electron chi connectivity index (χ0n) is 18.5. The number of thioether (sulfide) groups is 1. The first-order valence-corrected chi connectivity index (χ1v) is 12.0. The molecule has 0 atom stereocenters. The second kappa shape index (κ2) is 10.7. The maximum Gasteiger partial charge on any atom is 0.293 e. The Kier molecular flexibility index (Phi) is 7.52. The lowest BCUT2D eigenvalue weighted by atomic mass is 10.1. The number of hydrogen-bond acceptors (Lipinski definition) is 7. The molecular formula is C25H19BrN2O6S. The van der Waals surface area contributed by atoms with Crippen LogP contribution in [-0.4, -0.2) is 28.1 Å². The molecule has 0 aliphatic carbocycles. The minimum atomic E-state index is -0.563. The molecule has 10 heteroatoms. The van der Waals surface area contributed by atoms with Crippen LogP contribution >= 0.6 is 27.7 Å². The van der Waals surface area contributed by atoms with E-state index in [1.54, 1.807) is 0 Å². The standard InChI is InChI=1S/C25H19BrN2O6S/c1-33-21-11-18(20(28(31)32)13-22(21)34-15-16-6-3-2-4-7-16)12-23-24(29)27(25(30)35-23)14-17-8-5-9-19(26)10-17/h2-13H,14-15H2,1H3/b23-12+. The van der Waals surface area contributed by atoms with Gasteiger partial charge in [0.2, 0.25) is 0 Å². The summed E-state index contributed by atoms with van der Waals surface area (Å²) in [6, 6.07) is 19.3. The minimum absolute atomic E-state index is 0.0908. The van der Waals surface area contributed by atoms with Crippen molar-refractivity contribution in [3.8, 4) is 11.5 Å². The number of halogens is 1. The van der Waals surface area contributed by atoms with E-state index in [4.69, 9.17) is 9.47 Å². The van der Waals surface area contributed by atoms with Crippen LogP contribution in [0.15, 0.2) is 76.1 Å². The van der Waals surface area contributed by atoms with Crippen LogP contribution in [0.1, 0.15) is 16.7 Å². The van der Waals surface area contributed by atoms with E-state index in [0.29, 0.717) is 0 Å². The SMILES string of the molecule is COc1cc(/C=C2/SC(=O)N(Cc3cccc(Br)c3)C2=O)c([N+](=O)[O-])cc1OCc1ccccc1. The summed E-state index contributed by atoms with van der Waals surface area (Å²) in [6.45, 7) is 0.293. The van der Waals surface area contributed by atoms with Crippen molar-refractivity contribution in [2.24, 2.45) is 0 Å². The Morgan fingerprint density at radius 1 is 1.03 bits per heavy atom. The predicted molar refractivity (Wildman–Crippen MR) is 136 cm³/mol. The third-order valence-corrected chi connectivity index (χ3v) is 6.54. The summed E-state index contributed by atoms with van der Waals surface area (Å²) in [5.41, 5.74) is 1.52. The number of ether oxygens (including phenoxy) is 2. The van der Waals surface area contributed by atoms with Crippen molar-refractivity contribution in [3.05, 3.63) is 103 Å². The van der Waals surface area contributed by atoms with Gasteiger partial charge >= 0.3 is 0 Å². The lowest BCUT2D eigenvalue weighted by molar-refractivity contribution is -0.385. The lowest BCUT2D eigenvalue weighted by Gasteiger charge is -2.13. The van der Waals surface area contributed by atoms with Crippen molar-refractivity contribution in [2.45, 2.75) is 13.2 Å². The van der Waals surface area contributed by atoms with E-state index >= 15 is 0 Å². The Morgan fingerprint density at radius 3 is 2.46 bits per heavy atom. The molecule has 178 valence electrons. The minimum Gasteiger partial charge on any atom is -0.493 e. The van der Waals surface area contributed by atoms with Crippen molar-refractivity contribution >= 4 is 50.6 Å². The number of amides is 2. The summed E-state index contributed by atoms with van der Waals surface area (Å²) in [4.78, 5) is 37.9. The fraction of sp³-hybridized carbons (Fsp3) is 0.120. The van der Waals surface area contributed by atoms with E-state index in [1.165, 1.54) is 25.3 Å². The van der Waals surface area contributed by atoms with E-state index in [2.05, 4.69) is 15.9 Å². The van der Waals surface area contributed by atoms with Crippen molar-refractivity contribution in [1.29, 1.82) is 0 Å². The highest BCUT2D eigenvalue weighted by Gasteiger charge is 2.35. The topological polar surface area (TPSA) is 99.0 Å². The molecule has 4 rings (SSSR count). The Balaban J connectivity index is 1.62. The van der Waals surface area contributed by atoms with Crippen molar-refractivity contribution in [3.63, 3.8) is 0 Å². The summed E-state index contributed by atoms with van der Waals surface area (Å²) >= 11 is 4.11. The van der Waals surface area contributed by atoms with Gasteiger partial charge in [0.05, 0.1) is 35.1 Å². The molecule has 0 unspecified atom stereocenters. The zero-order chi connectivity index (χ0) is 24.9. The van der Waals surface area contributed by atoms with Crippen LogP contribution < -0.4 is 9.47 Å². The molecule has 0 saturated carbocycles. The van der Waals surface area contributed by atoms with Crippen molar-refractivity contribution in [1.82, 2.24) is 4.90 Å². The normalized spacial score (nSPS) is 14.5. The number of carbonyl (C=O) groups is 2. The van der Waals surface area contributed by atoms with E-state index < -0.39 is 16.1 Å². The van der Waals surface area contributed by atoms with E-state index in [0.717, 1.165) is 32.3 Å². The van der Waals surface area contributed by atoms with Gasteiger partial charge < -0.3 is 9.47 Å². The van der Waals surface area contributed by atoms with Gasteiger partial charge in [-0.05, 0) is 47.2 Å². The van der Waals surface area contributed by atoms with Gasteiger partial charge in [-0.15, -0.1) is 0 Å². The molecule has 2 amide bonds. The average Bonchev–Trinajstić information content (AvgIpc) is 3.10. The molecule has 1 aliphatic rings. The summed E-state index contributed by atoms with van der Waals surface area (Å²) in [6.07, 6.45) is 1.34. The molecule has 0 bridgehead atoms. The molecule has 0 spiro atoms. The van der Waals surface area contributed by atoms with Crippen LogP contribution in [0, 0.1) is 10.1 Å². The lowest BCUT2D eigenvalue weighted by Crippen LogP contribution is -2.27. The van der Waals surface area contributed by atoms with Gasteiger partial charge in [0, 0.05) is 4.47 Å². The smallest absolute Gasteiger partial charge is 0.293 e. The Labute approximate surface area is 213 Å². The Morgan fingerprint density at radius 2 is 1.77 bits per heavy atom. The first kappa shape index (κ1) is 24.5. The van der Waals surface area contributed by atoms with Crippen LogP contribution in [0.4, 0.5) is 10.5 Å². The Bertz CT molecular complexity index is 1330. The molecule has 1 saturated heterocycles. The monoisotopic (exact) mass is 554 g/mol. The average molecular weight is 555 g/mol. The first-order chi connectivity index (χ1) is 16.9. The number of imide groups is 1. The molecule has 1 aliphatic heterocycles. The van der Waals surface area contributed by atoms with Gasteiger partial charge in [-0.1, -0.05) is 58.4 Å². The second-order valence-corrected chi connectivity index (χ2v) is 9.40. The van der Waals surface area contributed by atoms with E-state index in [9.17, 15) is 19.7 Å². The number of rotatable bonds is 8. The summed E-state index contributed by atoms with van der Waals surface area (Å²) < 4.78 is 12.0. The van der Waals surface area contributed by atoms with Crippen LogP contribution in [0.5, 0.6) is 11.5 Å². The van der Waals surface area contributed by atoms with Crippen molar-refractivity contribution in [2.75, 3.05) is 7.11 Å². The van der Waals surface area contributed by atoms with Gasteiger partial charge in [-0.25, -0.2) is 0 Å². The summed E-state index contributed by atoms with van der Waals surface area (Å²) in [7, 11) is 1.42. The van der Waals surface area contributed by atoms with Gasteiger partial charge in [-0.3, -0.25) is 24.6 Å². The highest BCUT2D eigenvalue weighted by molar-refractivity contribution is 9.10. The zero-order valence-corrected chi connectivity index (χ0v) is 20.9. The number of carbonyl (C=O) groups excluding carboxylic acids is 2. The number of nitro groups is 1. The maximum absolute atomic E-state index is 12.9. The molecule has 0 N–H and O–H groups in total. The fourth-order valence-electron chi connectivity index (χ4n) is 3.44. The number of methoxy groups -OCH3 is 1. The fourth-order valence-corrected chi connectivity index (χ4v) is 4.72. The van der Waals surface area contributed by atoms with Crippen LogP contribution in [0.2, 0.25) is 0 Å². The Hall–Kier alpha value is -3.63. The van der Waals surface area contributed by atoms with Crippen LogP contribution in [0.3, 0.4) is 0 Å².